The SMILES string of the molecule is CC/C=C\C/C=C\C/C=C\C/C=C\C/C=C\C/C=C\C/C=C\CCCCCCCCCCCC(=O)NC(COC1OC(CO)C(OC2OC(CO)C(O)C(O)C2O)C(O)C1O)C(O)/C=C/CC/C=C/CCCCCCCCC. The number of aliphatic hydroxyl groups excluding tert-OH is 8. The number of hydrogen-bond donors (Lipinski definition) is 9. The fourth-order valence-corrected chi connectivity index (χ4v) is 9.11. The summed E-state index contributed by atoms with van der Waals surface area (Å²) in [6, 6.07) is -0.941. The lowest BCUT2D eigenvalue weighted by Gasteiger charge is -2.46. The first kappa shape index (κ1) is 70.8. The van der Waals surface area contributed by atoms with Crippen LogP contribution in [0.5, 0.6) is 0 Å². The van der Waals surface area contributed by atoms with Crippen LogP contribution in [0.15, 0.2) is 109 Å². The van der Waals surface area contributed by atoms with Gasteiger partial charge in [-0.15, -0.1) is 0 Å². The molecule has 12 atom stereocenters. The van der Waals surface area contributed by atoms with E-state index in [0.29, 0.717) is 12.8 Å². The molecule has 2 rings (SSSR count). The summed E-state index contributed by atoms with van der Waals surface area (Å²) < 4.78 is 22.7. The molecule has 2 heterocycles. The monoisotopic (exact) mass is 1100 g/mol. The van der Waals surface area contributed by atoms with Crippen molar-refractivity contribution in [2.45, 2.75) is 267 Å². The molecule has 0 bridgehead atoms. The summed E-state index contributed by atoms with van der Waals surface area (Å²) in [7, 11) is 0. The number of unbranched alkanes of at least 4 members (excludes halogenated alkanes) is 17. The Morgan fingerprint density at radius 3 is 1.41 bits per heavy atom. The minimum Gasteiger partial charge on any atom is -0.394 e. The molecule has 2 aliphatic rings. The predicted octanol–water partition coefficient (Wildman–Crippen LogP) is 10.4. The average molecular weight is 1100 g/mol. The predicted molar refractivity (Wildman–Crippen MR) is 313 cm³/mol. The minimum atomic E-state index is -1.80. The molecule has 0 radical (unpaired) electrons. The van der Waals surface area contributed by atoms with E-state index in [0.717, 1.165) is 83.5 Å². The Labute approximate surface area is 470 Å². The molecule has 2 saturated heterocycles. The molecule has 446 valence electrons. The van der Waals surface area contributed by atoms with E-state index >= 15 is 0 Å². The summed E-state index contributed by atoms with van der Waals surface area (Å²) in [4.78, 5) is 13.2. The number of rotatable bonds is 46. The number of carbonyl (C=O) groups excluding carboxylic acids is 1. The largest absolute Gasteiger partial charge is 0.394 e. The topological polar surface area (TPSA) is 228 Å². The number of allylic oxidation sites excluding steroid dienone is 17. The maximum absolute atomic E-state index is 13.2. The Hall–Kier alpha value is -3.35. The number of hydrogen-bond acceptors (Lipinski definition) is 13. The highest BCUT2D eigenvalue weighted by atomic mass is 16.7. The maximum Gasteiger partial charge on any atom is 0.220 e. The smallest absolute Gasteiger partial charge is 0.220 e. The van der Waals surface area contributed by atoms with Crippen LogP contribution in [0.25, 0.3) is 0 Å². The van der Waals surface area contributed by atoms with Crippen LogP contribution in [0, 0.1) is 0 Å². The Kier molecular flexibility index (Phi) is 43.9. The van der Waals surface area contributed by atoms with Gasteiger partial charge in [-0.25, -0.2) is 0 Å². The van der Waals surface area contributed by atoms with Crippen molar-refractivity contribution in [2.24, 2.45) is 0 Å². The van der Waals surface area contributed by atoms with Crippen molar-refractivity contribution in [3.05, 3.63) is 109 Å². The Morgan fingerprint density at radius 1 is 0.474 bits per heavy atom. The van der Waals surface area contributed by atoms with E-state index in [9.17, 15) is 45.6 Å². The third-order valence-electron chi connectivity index (χ3n) is 13.9. The van der Waals surface area contributed by atoms with E-state index in [2.05, 4.69) is 116 Å². The fraction of sp³-hybridized carbons (Fsp3) is 0.703. The fourth-order valence-electron chi connectivity index (χ4n) is 9.11. The molecule has 78 heavy (non-hydrogen) atoms. The third-order valence-corrected chi connectivity index (χ3v) is 13.9. The summed E-state index contributed by atoms with van der Waals surface area (Å²) in [6.07, 6.45) is 51.3. The van der Waals surface area contributed by atoms with Gasteiger partial charge in [0.2, 0.25) is 5.91 Å². The number of amides is 1. The van der Waals surface area contributed by atoms with E-state index in [-0.39, 0.29) is 18.9 Å². The third kappa shape index (κ3) is 33.4. The van der Waals surface area contributed by atoms with Crippen molar-refractivity contribution < 1.29 is 64.6 Å². The zero-order valence-corrected chi connectivity index (χ0v) is 47.9. The van der Waals surface area contributed by atoms with E-state index in [1.165, 1.54) is 77.0 Å². The summed E-state index contributed by atoms with van der Waals surface area (Å²) in [5.74, 6) is -0.262. The Bertz CT molecular complexity index is 1720. The van der Waals surface area contributed by atoms with Gasteiger partial charge >= 0.3 is 0 Å². The molecule has 2 fully saturated rings. The van der Waals surface area contributed by atoms with Crippen LogP contribution in [0.3, 0.4) is 0 Å². The van der Waals surface area contributed by atoms with Crippen molar-refractivity contribution in [1.29, 1.82) is 0 Å². The molecular weight excluding hydrogens is 991 g/mol. The summed E-state index contributed by atoms with van der Waals surface area (Å²) in [5.41, 5.74) is 0. The van der Waals surface area contributed by atoms with Crippen molar-refractivity contribution in [3.8, 4) is 0 Å². The first-order chi connectivity index (χ1) is 38.1. The molecule has 0 saturated carbocycles. The number of carbonyl (C=O) groups is 1. The van der Waals surface area contributed by atoms with E-state index in [4.69, 9.17) is 18.9 Å². The van der Waals surface area contributed by atoms with Crippen LogP contribution in [0.2, 0.25) is 0 Å². The van der Waals surface area contributed by atoms with Gasteiger partial charge in [0.1, 0.15) is 48.8 Å². The molecule has 0 aromatic carbocycles. The van der Waals surface area contributed by atoms with Crippen LogP contribution in [0.1, 0.15) is 194 Å². The van der Waals surface area contributed by atoms with Gasteiger partial charge in [-0.05, 0) is 89.9 Å². The van der Waals surface area contributed by atoms with Gasteiger partial charge in [0.25, 0.3) is 0 Å². The molecular formula is C64H107NO13. The summed E-state index contributed by atoms with van der Waals surface area (Å²) in [5, 5.41) is 87.0. The highest BCUT2D eigenvalue weighted by Gasteiger charge is 2.51. The molecule has 0 aliphatic carbocycles. The first-order valence-corrected chi connectivity index (χ1v) is 30.1. The number of ether oxygens (including phenoxy) is 4. The normalized spacial score (nSPS) is 25.4. The van der Waals surface area contributed by atoms with Crippen LogP contribution >= 0.6 is 0 Å². The zero-order valence-electron chi connectivity index (χ0n) is 47.9. The van der Waals surface area contributed by atoms with E-state index < -0.39 is 86.8 Å². The second kappa shape index (κ2) is 48.4. The van der Waals surface area contributed by atoms with Gasteiger partial charge in [-0.3, -0.25) is 4.79 Å². The van der Waals surface area contributed by atoms with Crippen LogP contribution in [0.4, 0.5) is 0 Å². The van der Waals surface area contributed by atoms with Crippen LogP contribution < -0.4 is 5.32 Å². The quantitative estimate of drug-likeness (QED) is 0.0204. The lowest BCUT2D eigenvalue weighted by Crippen LogP contribution is -2.65. The minimum absolute atomic E-state index is 0.259. The molecule has 12 unspecified atom stereocenters. The summed E-state index contributed by atoms with van der Waals surface area (Å²) >= 11 is 0. The van der Waals surface area contributed by atoms with E-state index in [1.54, 1.807) is 6.08 Å². The Morgan fingerprint density at radius 2 is 0.897 bits per heavy atom. The lowest BCUT2D eigenvalue weighted by molar-refractivity contribution is -0.359. The number of nitrogens with one attached hydrogen (secondary N) is 1. The first-order valence-electron chi connectivity index (χ1n) is 30.1. The highest BCUT2D eigenvalue weighted by Crippen LogP contribution is 2.30. The second-order valence-electron chi connectivity index (χ2n) is 20.7. The van der Waals surface area contributed by atoms with Gasteiger partial charge in [0.05, 0.1) is 32.0 Å². The molecule has 2 aliphatic heterocycles. The van der Waals surface area contributed by atoms with Crippen molar-refractivity contribution in [2.75, 3.05) is 19.8 Å². The maximum atomic E-state index is 13.2. The number of aliphatic hydroxyl groups is 8. The summed E-state index contributed by atoms with van der Waals surface area (Å²) in [6.45, 7) is 2.62. The van der Waals surface area contributed by atoms with Gasteiger partial charge < -0.3 is 65.1 Å². The van der Waals surface area contributed by atoms with Gasteiger partial charge in [-0.1, -0.05) is 207 Å². The van der Waals surface area contributed by atoms with Crippen LogP contribution in [-0.4, -0.2) is 140 Å². The van der Waals surface area contributed by atoms with E-state index in [1.807, 2.05) is 6.08 Å². The van der Waals surface area contributed by atoms with Crippen molar-refractivity contribution in [3.63, 3.8) is 0 Å². The molecule has 14 nitrogen and oxygen atoms in total. The van der Waals surface area contributed by atoms with Gasteiger partial charge in [0.15, 0.2) is 12.6 Å². The van der Waals surface area contributed by atoms with Crippen LogP contribution in [-0.2, 0) is 23.7 Å². The lowest BCUT2D eigenvalue weighted by atomic mass is 9.97. The second-order valence-corrected chi connectivity index (χ2v) is 20.7. The Balaban J connectivity index is 1.71. The highest BCUT2D eigenvalue weighted by molar-refractivity contribution is 5.76. The molecule has 9 N–H and O–H groups in total. The van der Waals surface area contributed by atoms with Gasteiger partial charge in [-0.2, -0.15) is 0 Å². The molecule has 14 heteroatoms. The molecule has 0 aromatic heterocycles. The molecule has 0 aromatic rings. The zero-order chi connectivity index (χ0) is 56.7. The molecule has 1 amide bonds. The van der Waals surface area contributed by atoms with Gasteiger partial charge in [0, 0.05) is 6.42 Å². The molecule has 0 spiro atoms. The van der Waals surface area contributed by atoms with Crippen molar-refractivity contribution >= 4 is 5.91 Å². The average Bonchev–Trinajstić information content (AvgIpc) is 3.47. The standard InChI is InChI=1S/C64H107NO13/c1-3-5-7-9-11-13-15-17-18-19-20-21-22-23-24-25-26-27-28-29-30-31-32-33-34-36-38-40-42-44-46-48-56(69)65-52(53(68)47-45-43-41-39-37-35-16-14-12-10-8-6-4-2)51-75-63-61(74)59(72)62(55(50-67)77-63)78-64-60(73)58(71)57(70)54(49-66)76-64/h5,7,11,13,17-18,20-21,23-24,26-27,29-30,37,39,45,47,52-55,57-64,66-68,70-74H,3-4,6,8-10,12,14-16,19,22,25,28,31-36,38,40-44,46,48-51H2,1-2H3,(H,65,69)/b7-5-,13-11-,18-17-,21-20-,24-23-,27-26-,30-29-,39-37+,47-45+. The van der Waals surface area contributed by atoms with Crippen molar-refractivity contribution in [1.82, 2.24) is 5.32 Å².